The zero-order valence-corrected chi connectivity index (χ0v) is 9.87. The van der Waals surface area contributed by atoms with Crippen LogP contribution in [0.1, 0.15) is 36.8 Å². The van der Waals surface area contributed by atoms with Gasteiger partial charge in [0.1, 0.15) is 5.84 Å². The Morgan fingerprint density at radius 2 is 2.12 bits per heavy atom. The minimum atomic E-state index is 1.07. The van der Waals surface area contributed by atoms with E-state index in [0.717, 1.165) is 13.0 Å². The van der Waals surface area contributed by atoms with E-state index in [1.807, 2.05) is 0 Å². The highest BCUT2D eigenvalue weighted by Crippen LogP contribution is 2.31. The molecule has 1 fully saturated rings. The monoisotopic (exact) mass is 214 g/mol. The fourth-order valence-electron chi connectivity index (χ4n) is 2.67. The molecule has 16 heavy (non-hydrogen) atoms. The van der Waals surface area contributed by atoms with E-state index in [2.05, 4.69) is 30.0 Å². The molecule has 0 aromatic heterocycles. The summed E-state index contributed by atoms with van der Waals surface area (Å²) < 4.78 is 0. The molecule has 0 radical (unpaired) electrons. The highest BCUT2D eigenvalue weighted by Gasteiger charge is 2.21. The number of fused-ring (bicyclic) bond motifs is 2. The molecule has 0 bridgehead atoms. The Bertz CT molecular complexity index is 434. The van der Waals surface area contributed by atoms with Gasteiger partial charge in [0.2, 0.25) is 0 Å². The average molecular weight is 214 g/mol. The second kappa shape index (κ2) is 3.93. The molecule has 0 amide bonds. The summed E-state index contributed by atoms with van der Waals surface area (Å²) in [6, 6.07) is 6.46. The van der Waals surface area contributed by atoms with Crippen LogP contribution in [0.15, 0.2) is 23.2 Å². The third kappa shape index (κ3) is 1.62. The lowest BCUT2D eigenvalue weighted by molar-refractivity contribution is 0.402. The summed E-state index contributed by atoms with van der Waals surface area (Å²) in [7, 11) is 0. The van der Waals surface area contributed by atoms with Gasteiger partial charge in [0.25, 0.3) is 0 Å². The van der Waals surface area contributed by atoms with Crippen LogP contribution < -0.4 is 0 Å². The van der Waals surface area contributed by atoms with E-state index in [1.54, 1.807) is 0 Å². The van der Waals surface area contributed by atoms with Crippen molar-refractivity contribution >= 4 is 11.5 Å². The van der Waals surface area contributed by atoms with E-state index in [1.165, 1.54) is 48.5 Å². The normalized spacial score (nSPS) is 19.6. The minimum absolute atomic E-state index is 1.07. The summed E-state index contributed by atoms with van der Waals surface area (Å²) in [5, 5.41) is 0. The molecule has 2 nitrogen and oxygen atoms in total. The van der Waals surface area contributed by atoms with Crippen LogP contribution in [-0.4, -0.2) is 17.3 Å². The van der Waals surface area contributed by atoms with Gasteiger partial charge in [-0.3, -0.25) is 0 Å². The van der Waals surface area contributed by atoms with Gasteiger partial charge in [-0.2, -0.15) is 0 Å². The van der Waals surface area contributed by atoms with Crippen molar-refractivity contribution < 1.29 is 0 Å². The fourth-order valence-corrected chi connectivity index (χ4v) is 2.67. The van der Waals surface area contributed by atoms with Crippen molar-refractivity contribution in [1.29, 1.82) is 0 Å². The second-order valence-corrected chi connectivity index (χ2v) is 4.83. The Morgan fingerprint density at radius 1 is 1.19 bits per heavy atom. The van der Waals surface area contributed by atoms with Gasteiger partial charge >= 0.3 is 0 Å². The zero-order chi connectivity index (χ0) is 11.0. The number of rotatable bonds is 0. The Hall–Kier alpha value is -1.31. The quantitative estimate of drug-likeness (QED) is 0.646. The number of aliphatic imine (C=N–C) groups is 1. The molecule has 1 aromatic carbocycles. The molecular weight excluding hydrogens is 196 g/mol. The van der Waals surface area contributed by atoms with Crippen molar-refractivity contribution in [3.63, 3.8) is 0 Å². The van der Waals surface area contributed by atoms with Crippen LogP contribution in [0.5, 0.6) is 0 Å². The van der Waals surface area contributed by atoms with Crippen LogP contribution in [0.25, 0.3) is 0 Å². The molecule has 0 saturated carbocycles. The predicted octanol–water partition coefficient (Wildman–Crippen LogP) is 3.41. The van der Waals surface area contributed by atoms with Crippen molar-refractivity contribution in [1.82, 2.24) is 4.90 Å². The number of aryl methyl sites for hydroxylation is 1. The smallest absolute Gasteiger partial charge is 0.105 e. The maximum absolute atomic E-state index is 4.83. The molecule has 1 saturated heterocycles. The van der Waals surface area contributed by atoms with Gasteiger partial charge in [0.15, 0.2) is 0 Å². The van der Waals surface area contributed by atoms with Gasteiger partial charge < -0.3 is 4.90 Å². The first kappa shape index (κ1) is 9.88. The number of hydrogen-bond acceptors (Lipinski definition) is 2. The van der Waals surface area contributed by atoms with E-state index in [0.29, 0.717) is 0 Å². The first-order chi connectivity index (χ1) is 7.84. The Labute approximate surface area is 97.0 Å². The van der Waals surface area contributed by atoms with Crippen LogP contribution in [-0.2, 0) is 6.54 Å². The molecule has 1 aromatic rings. The zero-order valence-electron chi connectivity index (χ0n) is 9.87. The molecule has 2 aliphatic heterocycles. The summed E-state index contributed by atoms with van der Waals surface area (Å²) in [6.07, 6.45) is 5.13. The van der Waals surface area contributed by atoms with Crippen molar-refractivity contribution in [2.45, 2.75) is 39.2 Å². The first-order valence-corrected chi connectivity index (χ1v) is 6.25. The van der Waals surface area contributed by atoms with E-state index in [-0.39, 0.29) is 0 Å². The van der Waals surface area contributed by atoms with Gasteiger partial charge in [-0.15, -0.1) is 0 Å². The Balaban J connectivity index is 2.03. The number of nitrogens with zero attached hydrogens (tertiary/aromatic N) is 2. The highest BCUT2D eigenvalue weighted by atomic mass is 15.2. The number of amidine groups is 1. The van der Waals surface area contributed by atoms with E-state index in [9.17, 15) is 0 Å². The lowest BCUT2D eigenvalue weighted by Crippen LogP contribution is -2.32. The standard InChI is InChI=1S/C14H18N2/c1-11-6-5-7-13-12(11)10-16-9-4-2-3-8-14(16)15-13/h5-7H,2-4,8-10H2,1H3. The van der Waals surface area contributed by atoms with Crippen LogP contribution >= 0.6 is 0 Å². The number of benzene rings is 1. The van der Waals surface area contributed by atoms with Crippen LogP contribution in [0.3, 0.4) is 0 Å². The third-order valence-electron chi connectivity index (χ3n) is 3.68. The van der Waals surface area contributed by atoms with Crippen molar-refractivity contribution in [2.75, 3.05) is 6.54 Å². The van der Waals surface area contributed by atoms with Gasteiger partial charge in [0, 0.05) is 25.1 Å². The summed E-state index contributed by atoms with van der Waals surface area (Å²) in [5.74, 6) is 1.32. The molecule has 84 valence electrons. The van der Waals surface area contributed by atoms with Crippen LogP contribution in [0.4, 0.5) is 5.69 Å². The van der Waals surface area contributed by atoms with Gasteiger partial charge in [0.05, 0.1) is 5.69 Å². The second-order valence-electron chi connectivity index (χ2n) is 4.83. The highest BCUT2D eigenvalue weighted by molar-refractivity contribution is 5.87. The summed E-state index contributed by atoms with van der Waals surface area (Å²) in [6.45, 7) is 4.45. The minimum Gasteiger partial charge on any atom is -0.356 e. The predicted molar refractivity (Wildman–Crippen MR) is 67.2 cm³/mol. The molecule has 0 aliphatic carbocycles. The molecule has 2 heterocycles. The molecule has 0 atom stereocenters. The largest absolute Gasteiger partial charge is 0.356 e. The Kier molecular flexibility index (Phi) is 2.43. The van der Waals surface area contributed by atoms with E-state index >= 15 is 0 Å². The average Bonchev–Trinajstić information content (AvgIpc) is 2.52. The van der Waals surface area contributed by atoms with E-state index < -0.39 is 0 Å². The molecule has 3 rings (SSSR count). The van der Waals surface area contributed by atoms with Gasteiger partial charge in [-0.25, -0.2) is 4.99 Å². The van der Waals surface area contributed by atoms with Crippen molar-refractivity contribution in [3.05, 3.63) is 29.3 Å². The molecule has 2 heteroatoms. The Morgan fingerprint density at radius 3 is 3.06 bits per heavy atom. The molecule has 0 unspecified atom stereocenters. The van der Waals surface area contributed by atoms with Crippen molar-refractivity contribution in [3.8, 4) is 0 Å². The summed E-state index contributed by atoms with van der Waals surface area (Å²) in [4.78, 5) is 7.31. The molecule has 0 spiro atoms. The van der Waals surface area contributed by atoms with Crippen LogP contribution in [0, 0.1) is 6.92 Å². The maximum Gasteiger partial charge on any atom is 0.105 e. The molecule has 0 N–H and O–H groups in total. The SMILES string of the molecule is Cc1cccc2c1CN1CCCCCC1=N2. The fraction of sp³-hybridized carbons (Fsp3) is 0.500. The third-order valence-corrected chi connectivity index (χ3v) is 3.68. The van der Waals surface area contributed by atoms with Crippen molar-refractivity contribution in [2.24, 2.45) is 4.99 Å². The number of hydrogen-bond donors (Lipinski definition) is 0. The molecule has 2 aliphatic rings. The summed E-state index contributed by atoms with van der Waals surface area (Å²) >= 11 is 0. The maximum atomic E-state index is 4.83. The van der Waals surface area contributed by atoms with Crippen LogP contribution in [0.2, 0.25) is 0 Å². The lowest BCUT2D eigenvalue weighted by Gasteiger charge is -2.29. The lowest BCUT2D eigenvalue weighted by atomic mass is 10.0. The van der Waals surface area contributed by atoms with Gasteiger partial charge in [-0.1, -0.05) is 18.6 Å². The van der Waals surface area contributed by atoms with Gasteiger partial charge in [-0.05, 0) is 31.4 Å². The topological polar surface area (TPSA) is 15.6 Å². The van der Waals surface area contributed by atoms with E-state index in [4.69, 9.17) is 4.99 Å². The molecular formula is C14H18N2. The first-order valence-electron chi connectivity index (χ1n) is 6.25. The summed E-state index contributed by atoms with van der Waals surface area (Å²) in [5.41, 5.74) is 4.01.